The van der Waals surface area contributed by atoms with E-state index in [9.17, 15) is 4.79 Å². The molecule has 62 valence electrons. The summed E-state index contributed by atoms with van der Waals surface area (Å²) in [5.74, 6) is 0. The molecule has 0 aromatic carbocycles. The molecule has 0 saturated carbocycles. The van der Waals surface area contributed by atoms with E-state index in [1.165, 1.54) is 0 Å². The maximum absolute atomic E-state index is 10.6. The molecule has 0 aromatic rings. The standard InChI is InChI=1S/C7H12N2O2/c10-7(11)9-4-5-1-2-6(9)3-8-5/h5-6,8H,1-4H2,(H,10,11)/t5-,6-/m0/s1. The first-order chi connectivity index (χ1) is 5.27. The van der Waals surface area contributed by atoms with Crippen LogP contribution >= 0.6 is 0 Å². The molecule has 4 nitrogen and oxygen atoms in total. The maximum Gasteiger partial charge on any atom is 0.407 e. The summed E-state index contributed by atoms with van der Waals surface area (Å²) in [6.07, 6.45) is 1.40. The Morgan fingerprint density at radius 2 is 2.36 bits per heavy atom. The highest BCUT2D eigenvalue weighted by Crippen LogP contribution is 2.21. The lowest BCUT2D eigenvalue weighted by molar-refractivity contribution is 0.0674. The van der Waals surface area contributed by atoms with E-state index in [1.54, 1.807) is 4.90 Å². The highest BCUT2D eigenvalue weighted by atomic mass is 16.4. The molecule has 0 aromatic heterocycles. The van der Waals surface area contributed by atoms with Crippen molar-refractivity contribution in [3.63, 3.8) is 0 Å². The molecular weight excluding hydrogens is 144 g/mol. The van der Waals surface area contributed by atoms with Gasteiger partial charge in [0, 0.05) is 25.2 Å². The number of amides is 1. The Morgan fingerprint density at radius 1 is 1.55 bits per heavy atom. The smallest absolute Gasteiger partial charge is 0.407 e. The van der Waals surface area contributed by atoms with E-state index < -0.39 is 6.09 Å². The summed E-state index contributed by atoms with van der Waals surface area (Å²) in [5.41, 5.74) is 0. The number of rotatable bonds is 0. The Kier molecular flexibility index (Phi) is 1.49. The van der Waals surface area contributed by atoms with E-state index in [2.05, 4.69) is 5.32 Å². The minimum Gasteiger partial charge on any atom is -0.465 e. The largest absolute Gasteiger partial charge is 0.465 e. The van der Waals surface area contributed by atoms with E-state index in [1.807, 2.05) is 0 Å². The normalized spacial score (nSPS) is 35.8. The Balaban J connectivity index is 2.08. The zero-order valence-corrected chi connectivity index (χ0v) is 6.29. The summed E-state index contributed by atoms with van der Waals surface area (Å²) in [5, 5.41) is 12.1. The van der Waals surface area contributed by atoms with Crippen molar-refractivity contribution in [2.45, 2.75) is 24.9 Å². The third-order valence-corrected chi connectivity index (χ3v) is 2.59. The van der Waals surface area contributed by atoms with Crippen LogP contribution in [0.3, 0.4) is 0 Å². The number of carboxylic acid groups (broad SMARTS) is 1. The van der Waals surface area contributed by atoms with Gasteiger partial charge in [0.1, 0.15) is 0 Å². The van der Waals surface area contributed by atoms with Gasteiger partial charge in [0.15, 0.2) is 0 Å². The molecule has 0 unspecified atom stereocenters. The van der Waals surface area contributed by atoms with Crippen molar-refractivity contribution in [3.8, 4) is 0 Å². The van der Waals surface area contributed by atoms with Crippen LogP contribution in [0.4, 0.5) is 4.79 Å². The molecule has 3 fully saturated rings. The van der Waals surface area contributed by atoms with Crippen molar-refractivity contribution >= 4 is 6.09 Å². The van der Waals surface area contributed by atoms with Gasteiger partial charge >= 0.3 is 6.09 Å². The predicted octanol–water partition coefficient (Wildman–Crippen LogP) is 0.101. The summed E-state index contributed by atoms with van der Waals surface area (Å²) < 4.78 is 0. The van der Waals surface area contributed by atoms with Crippen molar-refractivity contribution in [3.05, 3.63) is 0 Å². The van der Waals surface area contributed by atoms with Crippen molar-refractivity contribution in [2.75, 3.05) is 13.1 Å². The van der Waals surface area contributed by atoms with Gasteiger partial charge in [-0.05, 0) is 12.8 Å². The molecule has 11 heavy (non-hydrogen) atoms. The maximum atomic E-state index is 10.6. The molecule has 3 saturated heterocycles. The summed E-state index contributed by atoms with van der Waals surface area (Å²) in [6.45, 7) is 1.52. The van der Waals surface area contributed by atoms with Crippen molar-refractivity contribution in [1.29, 1.82) is 0 Å². The Morgan fingerprint density at radius 3 is 2.64 bits per heavy atom. The molecule has 2 bridgehead atoms. The minimum atomic E-state index is -0.763. The van der Waals surface area contributed by atoms with E-state index in [0.29, 0.717) is 12.6 Å². The fraction of sp³-hybridized carbons (Fsp3) is 0.857. The Hall–Kier alpha value is -0.770. The molecule has 3 aliphatic rings. The van der Waals surface area contributed by atoms with Gasteiger partial charge in [-0.1, -0.05) is 0 Å². The van der Waals surface area contributed by atoms with Crippen LogP contribution in [0.15, 0.2) is 0 Å². The first kappa shape index (κ1) is 6.91. The molecule has 3 rings (SSSR count). The van der Waals surface area contributed by atoms with Crippen LogP contribution in [0.1, 0.15) is 12.8 Å². The highest BCUT2D eigenvalue weighted by Gasteiger charge is 2.35. The first-order valence-corrected chi connectivity index (χ1v) is 4.00. The number of piperazine rings is 1. The SMILES string of the molecule is O=C(O)N1C[C@@H]2CC[C@H]1CN2. The molecule has 3 aliphatic heterocycles. The van der Waals surface area contributed by atoms with Gasteiger partial charge in [0.2, 0.25) is 0 Å². The Labute approximate surface area is 65.2 Å². The van der Waals surface area contributed by atoms with E-state index in [4.69, 9.17) is 5.11 Å². The number of fused-ring (bicyclic) bond motifs is 3. The molecule has 3 heterocycles. The lowest BCUT2D eigenvalue weighted by Gasteiger charge is -2.44. The third-order valence-electron chi connectivity index (χ3n) is 2.59. The van der Waals surface area contributed by atoms with Crippen LogP contribution in [-0.2, 0) is 0 Å². The van der Waals surface area contributed by atoms with Gasteiger partial charge in [0.25, 0.3) is 0 Å². The zero-order valence-electron chi connectivity index (χ0n) is 6.29. The molecule has 1 amide bonds. The van der Waals surface area contributed by atoms with Gasteiger partial charge in [-0.25, -0.2) is 4.79 Å². The van der Waals surface area contributed by atoms with Gasteiger partial charge in [-0.3, -0.25) is 0 Å². The number of carbonyl (C=O) groups is 1. The lowest BCUT2D eigenvalue weighted by atomic mass is 9.94. The summed E-state index contributed by atoms with van der Waals surface area (Å²) >= 11 is 0. The third kappa shape index (κ3) is 1.07. The zero-order chi connectivity index (χ0) is 7.84. The fourth-order valence-electron chi connectivity index (χ4n) is 1.94. The molecule has 2 atom stereocenters. The van der Waals surface area contributed by atoms with Crippen molar-refractivity contribution in [1.82, 2.24) is 10.2 Å². The quantitative estimate of drug-likeness (QED) is 0.523. The molecule has 0 radical (unpaired) electrons. The second-order valence-corrected chi connectivity index (χ2v) is 3.27. The lowest BCUT2D eigenvalue weighted by Crippen LogP contribution is -2.62. The van der Waals surface area contributed by atoms with E-state index >= 15 is 0 Å². The summed E-state index contributed by atoms with van der Waals surface area (Å²) in [6, 6.07) is 0.647. The number of hydrogen-bond donors (Lipinski definition) is 2. The summed E-state index contributed by atoms with van der Waals surface area (Å²) in [7, 11) is 0. The molecular formula is C7H12N2O2. The molecule has 2 N–H and O–H groups in total. The van der Waals surface area contributed by atoms with Crippen LogP contribution in [0.2, 0.25) is 0 Å². The monoisotopic (exact) mass is 156 g/mol. The van der Waals surface area contributed by atoms with Crippen LogP contribution in [-0.4, -0.2) is 41.3 Å². The molecule has 0 aliphatic carbocycles. The van der Waals surface area contributed by atoms with Crippen LogP contribution in [0, 0.1) is 0 Å². The van der Waals surface area contributed by atoms with Gasteiger partial charge in [-0.15, -0.1) is 0 Å². The Bertz CT molecular complexity index is 175. The summed E-state index contributed by atoms with van der Waals surface area (Å²) in [4.78, 5) is 12.2. The van der Waals surface area contributed by atoms with E-state index in [-0.39, 0.29) is 6.04 Å². The average molecular weight is 156 g/mol. The average Bonchev–Trinajstić information content (AvgIpc) is 2.06. The highest BCUT2D eigenvalue weighted by molar-refractivity contribution is 5.66. The van der Waals surface area contributed by atoms with Crippen molar-refractivity contribution in [2.24, 2.45) is 0 Å². The second-order valence-electron chi connectivity index (χ2n) is 3.27. The topological polar surface area (TPSA) is 52.6 Å². The van der Waals surface area contributed by atoms with Crippen LogP contribution in [0.25, 0.3) is 0 Å². The number of nitrogens with zero attached hydrogens (tertiary/aromatic N) is 1. The van der Waals surface area contributed by atoms with Gasteiger partial charge in [0.05, 0.1) is 0 Å². The number of hydrogen-bond acceptors (Lipinski definition) is 2. The van der Waals surface area contributed by atoms with E-state index in [0.717, 1.165) is 19.4 Å². The minimum absolute atomic E-state index is 0.234. The van der Waals surface area contributed by atoms with Gasteiger partial charge < -0.3 is 15.3 Å². The number of piperidine rings is 2. The first-order valence-electron chi connectivity index (χ1n) is 4.00. The molecule has 0 spiro atoms. The van der Waals surface area contributed by atoms with Crippen molar-refractivity contribution < 1.29 is 9.90 Å². The fourth-order valence-corrected chi connectivity index (χ4v) is 1.94. The number of nitrogens with one attached hydrogen (secondary N) is 1. The second kappa shape index (κ2) is 2.37. The van der Waals surface area contributed by atoms with Gasteiger partial charge in [-0.2, -0.15) is 0 Å². The molecule has 4 heteroatoms. The predicted molar refractivity (Wildman–Crippen MR) is 39.5 cm³/mol. The van der Waals surface area contributed by atoms with Crippen LogP contribution < -0.4 is 5.32 Å². The van der Waals surface area contributed by atoms with Crippen LogP contribution in [0.5, 0.6) is 0 Å².